The Morgan fingerprint density at radius 3 is 2.71 bits per heavy atom. The molecule has 1 N–H and O–H groups in total. The zero-order valence-corrected chi connectivity index (χ0v) is 16.3. The molecular weight excluding hydrogens is 374 g/mol. The summed E-state index contributed by atoms with van der Waals surface area (Å²) < 4.78 is 6.87. The molecule has 0 bridgehead atoms. The van der Waals surface area contributed by atoms with E-state index in [9.17, 15) is 9.59 Å². The summed E-state index contributed by atoms with van der Waals surface area (Å²) in [5.41, 5.74) is 2.02. The average molecular weight is 395 g/mol. The highest BCUT2D eigenvalue weighted by atomic mass is 32.1. The lowest BCUT2D eigenvalue weighted by Gasteiger charge is -2.12. The van der Waals surface area contributed by atoms with Crippen molar-refractivity contribution in [1.29, 1.82) is 0 Å². The zero-order valence-electron chi connectivity index (χ0n) is 15.5. The number of esters is 1. The van der Waals surface area contributed by atoms with E-state index in [1.165, 1.54) is 0 Å². The van der Waals surface area contributed by atoms with Crippen molar-refractivity contribution in [2.75, 3.05) is 6.61 Å². The predicted molar refractivity (Wildman–Crippen MR) is 107 cm³/mol. The highest BCUT2D eigenvalue weighted by Crippen LogP contribution is 2.39. The van der Waals surface area contributed by atoms with E-state index in [1.807, 2.05) is 54.8 Å². The van der Waals surface area contributed by atoms with E-state index in [4.69, 9.17) is 4.74 Å². The van der Waals surface area contributed by atoms with E-state index >= 15 is 0 Å². The largest absolute Gasteiger partial charge is 0.451 e. The number of benzene rings is 1. The molecule has 2 aromatic heterocycles. The molecule has 3 aromatic rings. The van der Waals surface area contributed by atoms with Crippen LogP contribution in [0, 0.1) is 0 Å². The van der Waals surface area contributed by atoms with Gasteiger partial charge in [0.25, 0.3) is 5.91 Å². The molecule has 0 saturated heterocycles. The quantitative estimate of drug-likeness (QED) is 0.617. The second-order valence-corrected chi connectivity index (χ2v) is 7.84. The molecule has 0 unspecified atom stereocenters. The van der Waals surface area contributed by atoms with Crippen molar-refractivity contribution in [2.24, 2.45) is 0 Å². The maximum atomic E-state index is 12.7. The van der Waals surface area contributed by atoms with E-state index in [-0.39, 0.29) is 18.6 Å². The Hall–Kier alpha value is -2.93. The third-order valence-electron chi connectivity index (χ3n) is 4.62. The van der Waals surface area contributed by atoms with Gasteiger partial charge < -0.3 is 10.1 Å². The Morgan fingerprint density at radius 1 is 1.25 bits per heavy atom. The smallest absolute Gasteiger partial charge is 0.357 e. The SMILES string of the molecule is C[C@@H](NC(=O)COC(=O)c1cc(C2CC2)nn1-c1ccccc1)c1cccs1. The lowest BCUT2D eigenvalue weighted by Crippen LogP contribution is -2.31. The summed E-state index contributed by atoms with van der Waals surface area (Å²) in [6.07, 6.45) is 2.17. The van der Waals surface area contributed by atoms with Gasteiger partial charge in [-0.2, -0.15) is 5.10 Å². The van der Waals surface area contributed by atoms with Crippen LogP contribution in [0.15, 0.2) is 53.9 Å². The van der Waals surface area contributed by atoms with Crippen molar-refractivity contribution >= 4 is 23.2 Å². The van der Waals surface area contributed by atoms with Crippen LogP contribution in [0.2, 0.25) is 0 Å². The lowest BCUT2D eigenvalue weighted by atomic mass is 10.2. The number of carbonyl (C=O) groups excluding carboxylic acids is 2. The van der Waals surface area contributed by atoms with Gasteiger partial charge in [-0.25, -0.2) is 9.48 Å². The number of nitrogens with one attached hydrogen (secondary N) is 1. The van der Waals surface area contributed by atoms with Crippen molar-refractivity contribution in [3.63, 3.8) is 0 Å². The van der Waals surface area contributed by atoms with Crippen LogP contribution < -0.4 is 5.32 Å². The summed E-state index contributed by atoms with van der Waals surface area (Å²) in [6.45, 7) is 1.57. The molecule has 7 heteroatoms. The summed E-state index contributed by atoms with van der Waals surface area (Å²) in [6, 6.07) is 15.0. The number of aromatic nitrogens is 2. The summed E-state index contributed by atoms with van der Waals surface area (Å²) in [5.74, 6) is -0.476. The molecule has 144 valence electrons. The monoisotopic (exact) mass is 395 g/mol. The van der Waals surface area contributed by atoms with Crippen LogP contribution in [0.4, 0.5) is 0 Å². The first-order valence-corrected chi connectivity index (χ1v) is 10.1. The Bertz CT molecular complexity index is 962. The third-order valence-corrected chi connectivity index (χ3v) is 5.67. The average Bonchev–Trinajstić information content (AvgIpc) is 3.23. The molecule has 0 spiro atoms. The molecule has 1 atom stereocenters. The maximum Gasteiger partial charge on any atom is 0.357 e. The Balaban J connectivity index is 1.43. The number of para-hydroxylation sites is 1. The minimum absolute atomic E-state index is 0.123. The Kier molecular flexibility index (Phi) is 5.25. The van der Waals surface area contributed by atoms with Gasteiger partial charge in [-0.1, -0.05) is 24.3 Å². The minimum Gasteiger partial charge on any atom is -0.451 e. The molecule has 1 amide bonds. The van der Waals surface area contributed by atoms with Crippen LogP contribution in [0.25, 0.3) is 5.69 Å². The van der Waals surface area contributed by atoms with E-state index < -0.39 is 5.97 Å². The van der Waals surface area contributed by atoms with Gasteiger partial charge in [0.05, 0.1) is 17.4 Å². The van der Waals surface area contributed by atoms with Crippen LogP contribution in [0.3, 0.4) is 0 Å². The van der Waals surface area contributed by atoms with Gasteiger partial charge in [-0.3, -0.25) is 4.79 Å². The first kappa shape index (κ1) is 18.4. The first-order valence-electron chi connectivity index (χ1n) is 9.27. The number of ether oxygens (including phenoxy) is 1. The molecule has 1 aromatic carbocycles. The van der Waals surface area contributed by atoms with Crippen molar-refractivity contribution < 1.29 is 14.3 Å². The van der Waals surface area contributed by atoms with Crippen LogP contribution in [0.1, 0.15) is 52.8 Å². The van der Waals surface area contributed by atoms with E-state index in [0.29, 0.717) is 11.6 Å². The molecule has 1 aliphatic rings. The van der Waals surface area contributed by atoms with Gasteiger partial charge >= 0.3 is 5.97 Å². The van der Waals surface area contributed by atoms with E-state index in [1.54, 1.807) is 22.1 Å². The highest BCUT2D eigenvalue weighted by molar-refractivity contribution is 7.10. The molecular formula is C21H21N3O3S. The van der Waals surface area contributed by atoms with Gasteiger partial charge in [-0.15, -0.1) is 11.3 Å². The second-order valence-electron chi connectivity index (χ2n) is 6.86. The van der Waals surface area contributed by atoms with Gasteiger partial charge in [0.15, 0.2) is 12.3 Å². The lowest BCUT2D eigenvalue weighted by molar-refractivity contribution is -0.124. The number of hydrogen-bond acceptors (Lipinski definition) is 5. The Labute approximate surface area is 167 Å². The number of thiophene rings is 1. The molecule has 0 radical (unpaired) electrons. The van der Waals surface area contributed by atoms with Gasteiger partial charge in [0.1, 0.15) is 0 Å². The number of amides is 1. The third kappa shape index (κ3) is 4.14. The van der Waals surface area contributed by atoms with Crippen LogP contribution in [-0.4, -0.2) is 28.3 Å². The van der Waals surface area contributed by atoms with Crippen LogP contribution >= 0.6 is 11.3 Å². The number of carbonyl (C=O) groups is 2. The maximum absolute atomic E-state index is 12.7. The van der Waals surface area contributed by atoms with Crippen molar-refractivity contribution in [3.8, 4) is 5.69 Å². The molecule has 1 fully saturated rings. The fourth-order valence-corrected chi connectivity index (χ4v) is 3.72. The molecule has 2 heterocycles. The number of nitrogens with zero attached hydrogens (tertiary/aromatic N) is 2. The fraction of sp³-hybridized carbons (Fsp3) is 0.286. The Morgan fingerprint density at radius 2 is 2.04 bits per heavy atom. The fourth-order valence-electron chi connectivity index (χ4n) is 2.99. The summed E-state index contributed by atoms with van der Waals surface area (Å²) >= 11 is 1.57. The van der Waals surface area contributed by atoms with Crippen LogP contribution in [0.5, 0.6) is 0 Å². The van der Waals surface area contributed by atoms with Crippen LogP contribution in [-0.2, 0) is 9.53 Å². The highest BCUT2D eigenvalue weighted by Gasteiger charge is 2.29. The second kappa shape index (κ2) is 7.98. The molecule has 1 saturated carbocycles. The normalized spacial score (nSPS) is 14.5. The van der Waals surface area contributed by atoms with E-state index in [2.05, 4.69) is 10.4 Å². The number of hydrogen-bond donors (Lipinski definition) is 1. The minimum atomic E-state index is -0.554. The molecule has 4 rings (SSSR count). The van der Waals surface area contributed by atoms with Crippen molar-refractivity contribution in [3.05, 3.63) is 70.2 Å². The molecule has 0 aliphatic heterocycles. The van der Waals surface area contributed by atoms with Gasteiger partial charge in [0, 0.05) is 10.8 Å². The molecule has 28 heavy (non-hydrogen) atoms. The van der Waals surface area contributed by atoms with Gasteiger partial charge in [0.2, 0.25) is 0 Å². The van der Waals surface area contributed by atoms with Crippen molar-refractivity contribution in [1.82, 2.24) is 15.1 Å². The summed E-state index contributed by atoms with van der Waals surface area (Å²) in [7, 11) is 0. The standard InChI is InChI=1S/C21H21N3O3S/c1-14(19-8-5-11-28-19)22-20(25)13-27-21(26)18-12-17(15-9-10-15)23-24(18)16-6-3-2-4-7-16/h2-8,11-12,14-15H,9-10,13H2,1H3,(H,22,25)/t14-/m1/s1. The summed E-state index contributed by atoms with van der Waals surface area (Å²) in [5, 5.41) is 9.39. The van der Waals surface area contributed by atoms with Gasteiger partial charge in [-0.05, 0) is 49.4 Å². The number of rotatable bonds is 7. The predicted octanol–water partition coefficient (Wildman–Crippen LogP) is 3.85. The summed E-state index contributed by atoms with van der Waals surface area (Å²) in [4.78, 5) is 25.9. The first-order chi connectivity index (χ1) is 13.6. The van der Waals surface area contributed by atoms with Crippen molar-refractivity contribution in [2.45, 2.75) is 31.7 Å². The molecule has 1 aliphatic carbocycles. The zero-order chi connectivity index (χ0) is 19.5. The van der Waals surface area contributed by atoms with E-state index in [0.717, 1.165) is 29.1 Å². The topological polar surface area (TPSA) is 73.2 Å². The molecule has 6 nitrogen and oxygen atoms in total.